The Morgan fingerprint density at radius 2 is 2.13 bits per heavy atom. The quantitative estimate of drug-likeness (QED) is 0.722. The summed E-state index contributed by atoms with van der Waals surface area (Å²) in [6, 6.07) is 0. The van der Waals surface area contributed by atoms with Gasteiger partial charge in [0.2, 0.25) is 0 Å². The first-order valence-corrected chi connectivity index (χ1v) is 6.69. The van der Waals surface area contributed by atoms with Crippen LogP contribution >= 0.6 is 0 Å². The SMILES string of the molecule is CCNCCC1CCOC2(CCCC2)C1. The van der Waals surface area contributed by atoms with Crippen molar-refractivity contribution < 1.29 is 4.74 Å². The van der Waals surface area contributed by atoms with Gasteiger partial charge in [0, 0.05) is 6.61 Å². The molecule has 1 heterocycles. The molecule has 2 aliphatic rings. The molecule has 15 heavy (non-hydrogen) atoms. The Morgan fingerprint density at radius 3 is 2.87 bits per heavy atom. The highest BCUT2D eigenvalue weighted by molar-refractivity contribution is 4.91. The average Bonchev–Trinajstić information content (AvgIpc) is 2.67. The summed E-state index contributed by atoms with van der Waals surface area (Å²) in [6.07, 6.45) is 9.39. The Labute approximate surface area is 93.8 Å². The second-order valence-electron chi connectivity index (χ2n) is 5.24. The second-order valence-corrected chi connectivity index (χ2v) is 5.24. The summed E-state index contributed by atoms with van der Waals surface area (Å²) in [5, 5.41) is 3.43. The van der Waals surface area contributed by atoms with Crippen LogP contribution in [0.15, 0.2) is 0 Å². The minimum absolute atomic E-state index is 0.315. The lowest BCUT2D eigenvalue weighted by molar-refractivity contribution is -0.0934. The number of ether oxygens (including phenoxy) is 1. The van der Waals surface area contributed by atoms with Gasteiger partial charge in [-0.1, -0.05) is 19.8 Å². The van der Waals surface area contributed by atoms with Crippen molar-refractivity contribution in [2.75, 3.05) is 19.7 Å². The number of hydrogen-bond acceptors (Lipinski definition) is 2. The molecule has 2 rings (SSSR count). The van der Waals surface area contributed by atoms with Crippen molar-refractivity contribution in [2.24, 2.45) is 5.92 Å². The van der Waals surface area contributed by atoms with E-state index in [0.29, 0.717) is 5.60 Å². The van der Waals surface area contributed by atoms with Crippen LogP contribution in [-0.2, 0) is 4.74 Å². The van der Waals surface area contributed by atoms with Crippen molar-refractivity contribution in [2.45, 2.75) is 57.5 Å². The Bertz CT molecular complexity index is 187. The van der Waals surface area contributed by atoms with Crippen molar-refractivity contribution in [1.29, 1.82) is 0 Å². The maximum Gasteiger partial charge on any atom is 0.0685 e. The van der Waals surface area contributed by atoms with Gasteiger partial charge in [-0.3, -0.25) is 0 Å². The number of nitrogens with one attached hydrogen (secondary N) is 1. The fraction of sp³-hybridized carbons (Fsp3) is 1.00. The van der Waals surface area contributed by atoms with Crippen molar-refractivity contribution in [3.63, 3.8) is 0 Å². The molecule has 0 aromatic heterocycles. The van der Waals surface area contributed by atoms with Crippen LogP contribution < -0.4 is 5.32 Å². The Morgan fingerprint density at radius 1 is 1.33 bits per heavy atom. The highest BCUT2D eigenvalue weighted by atomic mass is 16.5. The minimum Gasteiger partial charge on any atom is -0.375 e. The molecule has 0 aromatic carbocycles. The molecule has 1 spiro atoms. The van der Waals surface area contributed by atoms with Crippen molar-refractivity contribution in [3.05, 3.63) is 0 Å². The van der Waals surface area contributed by atoms with Crippen molar-refractivity contribution >= 4 is 0 Å². The summed E-state index contributed by atoms with van der Waals surface area (Å²) in [5.74, 6) is 0.913. The number of rotatable bonds is 4. The lowest BCUT2D eigenvalue weighted by Gasteiger charge is -2.38. The lowest BCUT2D eigenvalue weighted by Crippen LogP contribution is -2.38. The van der Waals surface area contributed by atoms with Crippen LogP contribution in [-0.4, -0.2) is 25.3 Å². The molecule has 0 amide bonds. The molecule has 1 unspecified atom stereocenters. The van der Waals surface area contributed by atoms with Gasteiger partial charge in [-0.2, -0.15) is 0 Å². The minimum atomic E-state index is 0.315. The van der Waals surface area contributed by atoms with E-state index >= 15 is 0 Å². The molecule has 1 saturated carbocycles. The molecule has 2 fully saturated rings. The Hall–Kier alpha value is -0.0800. The Kier molecular flexibility index (Phi) is 4.04. The van der Waals surface area contributed by atoms with Gasteiger partial charge in [0.1, 0.15) is 0 Å². The first kappa shape index (κ1) is 11.4. The summed E-state index contributed by atoms with van der Waals surface area (Å²) < 4.78 is 6.04. The fourth-order valence-corrected chi connectivity index (χ4v) is 3.23. The van der Waals surface area contributed by atoms with Crippen LogP contribution in [0.25, 0.3) is 0 Å². The molecule has 2 heteroatoms. The van der Waals surface area contributed by atoms with E-state index in [0.717, 1.165) is 19.1 Å². The molecule has 0 aromatic rings. The zero-order chi connectivity index (χ0) is 10.6. The smallest absolute Gasteiger partial charge is 0.0685 e. The standard InChI is InChI=1S/C13H25NO/c1-2-14-9-5-12-6-10-15-13(11-12)7-3-4-8-13/h12,14H,2-11H2,1H3. The largest absolute Gasteiger partial charge is 0.375 e. The van der Waals surface area contributed by atoms with Gasteiger partial charge in [0.05, 0.1) is 5.60 Å². The summed E-state index contributed by atoms with van der Waals surface area (Å²) >= 11 is 0. The first-order chi connectivity index (χ1) is 7.35. The van der Waals surface area contributed by atoms with Crippen LogP contribution in [0.1, 0.15) is 51.9 Å². The molecular weight excluding hydrogens is 186 g/mol. The van der Waals surface area contributed by atoms with Crippen molar-refractivity contribution in [3.8, 4) is 0 Å². The molecule has 1 N–H and O–H groups in total. The lowest BCUT2D eigenvalue weighted by atomic mass is 9.83. The van der Waals surface area contributed by atoms with E-state index in [1.165, 1.54) is 51.5 Å². The number of hydrogen-bond donors (Lipinski definition) is 1. The van der Waals surface area contributed by atoms with Gasteiger partial charge >= 0.3 is 0 Å². The molecule has 1 aliphatic heterocycles. The molecule has 0 radical (unpaired) electrons. The zero-order valence-electron chi connectivity index (χ0n) is 10.1. The maximum absolute atomic E-state index is 6.04. The van der Waals surface area contributed by atoms with Crippen LogP contribution in [0.5, 0.6) is 0 Å². The summed E-state index contributed by atoms with van der Waals surface area (Å²) in [5.41, 5.74) is 0.315. The normalized spacial score (nSPS) is 29.8. The predicted octanol–water partition coefficient (Wildman–Crippen LogP) is 2.73. The van der Waals surface area contributed by atoms with E-state index in [9.17, 15) is 0 Å². The summed E-state index contributed by atoms with van der Waals surface area (Å²) in [7, 11) is 0. The zero-order valence-corrected chi connectivity index (χ0v) is 10.1. The van der Waals surface area contributed by atoms with E-state index in [1.807, 2.05) is 0 Å². The van der Waals surface area contributed by atoms with E-state index in [2.05, 4.69) is 12.2 Å². The summed E-state index contributed by atoms with van der Waals surface area (Å²) in [6.45, 7) is 5.49. The van der Waals surface area contributed by atoms with Gasteiger partial charge in [-0.05, 0) is 51.1 Å². The Balaban J connectivity index is 1.76. The van der Waals surface area contributed by atoms with Crippen LogP contribution in [0.3, 0.4) is 0 Å². The van der Waals surface area contributed by atoms with Crippen LogP contribution in [0, 0.1) is 5.92 Å². The van der Waals surface area contributed by atoms with Gasteiger partial charge in [-0.25, -0.2) is 0 Å². The fourth-order valence-electron chi connectivity index (χ4n) is 3.23. The molecular formula is C13H25NO. The van der Waals surface area contributed by atoms with E-state index in [4.69, 9.17) is 4.74 Å². The maximum atomic E-state index is 6.04. The third kappa shape index (κ3) is 2.94. The van der Waals surface area contributed by atoms with E-state index in [1.54, 1.807) is 0 Å². The summed E-state index contributed by atoms with van der Waals surface area (Å²) in [4.78, 5) is 0. The second kappa shape index (κ2) is 5.31. The van der Waals surface area contributed by atoms with E-state index in [-0.39, 0.29) is 0 Å². The topological polar surface area (TPSA) is 21.3 Å². The first-order valence-electron chi connectivity index (χ1n) is 6.69. The average molecular weight is 211 g/mol. The van der Waals surface area contributed by atoms with Gasteiger partial charge in [0.25, 0.3) is 0 Å². The van der Waals surface area contributed by atoms with Gasteiger partial charge < -0.3 is 10.1 Å². The molecule has 1 aliphatic carbocycles. The molecule has 1 atom stereocenters. The third-order valence-corrected chi connectivity index (χ3v) is 4.09. The van der Waals surface area contributed by atoms with Gasteiger partial charge in [-0.15, -0.1) is 0 Å². The van der Waals surface area contributed by atoms with Crippen LogP contribution in [0.4, 0.5) is 0 Å². The molecule has 2 nitrogen and oxygen atoms in total. The third-order valence-electron chi connectivity index (χ3n) is 4.09. The predicted molar refractivity (Wildman–Crippen MR) is 63.0 cm³/mol. The molecule has 0 bridgehead atoms. The highest BCUT2D eigenvalue weighted by Crippen LogP contribution is 2.42. The van der Waals surface area contributed by atoms with Crippen molar-refractivity contribution in [1.82, 2.24) is 5.32 Å². The van der Waals surface area contributed by atoms with Crippen LogP contribution in [0.2, 0.25) is 0 Å². The van der Waals surface area contributed by atoms with Gasteiger partial charge in [0.15, 0.2) is 0 Å². The molecule has 88 valence electrons. The monoisotopic (exact) mass is 211 g/mol. The molecule has 1 saturated heterocycles. The highest BCUT2D eigenvalue weighted by Gasteiger charge is 2.39. The van der Waals surface area contributed by atoms with E-state index < -0.39 is 0 Å².